The molecule has 0 spiro atoms. The minimum Gasteiger partial charge on any atom is -0.381 e. The molecular formula is C17H18Cl2N2O4S. The van der Waals surface area contributed by atoms with Gasteiger partial charge in [-0.2, -0.15) is 5.26 Å². The van der Waals surface area contributed by atoms with Crippen molar-refractivity contribution in [2.24, 2.45) is 5.92 Å². The lowest BCUT2D eigenvalue weighted by atomic mass is 10.0. The molecule has 2 fully saturated rings. The first kappa shape index (κ1) is 19.4. The largest absolute Gasteiger partial charge is 0.381 e. The maximum absolute atomic E-state index is 13.0. The molecule has 1 aromatic carbocycles. The summed E-state index contributed by atoms with van der Waals surface area (Å²) in [7, 11) is -2.29. The van der Waals surface area contributed by atoms with E-state index in [9.17, 15) is 13.2 Å². The van der Waals surface area contributed by atoms with Crippen LogP contribution in [0.2, 0.25) is 10.0 Å². The Morgan fingerprint density at radius 1 is 1.35 bits per heavy atom. The maximum Gasteiger partial charge on any atom is 0.227 e. The Bertz CT molecular complexity index is 877. The zero-order valence-electron chi connectivity index (χ0n) is 14.0. The molecule has 1 N–H and O–H groups in total. The fourth-order valence-electron chi connectivity index (χ4n) is 3.35. The van der Waals surface area contributed by atoms with E-state index in [1.54, 1.807) is 0 Å². The Balaban J connectivity index is 1.81. The van der Waals surface area contributed by atoms with E-state index >= 15 is 0 Å². The zero-order valence-corrected chi connectivity index (χ0v) is 16.4. The number of rotatable bonds is 5. The first-order valence-corrected chi connectivity index (χ1v) is 10.5. The molecule has 0 saturated heterocycles. The van der Waals surface area contributed by atoms with Crippen molar-refractivity contribution < 1.29 is 17.9 Å². The van der Waals surface area contributed by atoms with Gasteiger partial charge >= 0.3 is 0 Å². The fourth-order valence-corrected chi connectivity index (χ4v) is 5.93. The zero-order chi connectivity index (χ0) is 19.1. The van der Waals surface area contributed by atoms with Crippen LogP contribution in [0.15, 0.2) is 23.1 Å². The summed E-state index contributed by atoms with van der Waals surface area (Å²) in [4.78, 5) is 12.6. The number of ether oxygens (including phenoxy) is 1. The number of nitrogens with one attached hydrogen (secondary N) is 1. The molecule has 0 aromatic heterocycles. The SMILES string of the molecule is CO[C@H]1CC(S(=O)(=O)c2ccc(Cl)cc2Cl)C[C@@H]1C(=O)NC1(C#N)CC1. The fraction of sp³-hybridized carbons (Fsp3) is 0.529. The van der Waals surface area contributed by atoms with Crippen molar-refractivity contribution in [1.82, 2.24) is 5.32 Å². The van der Waals surface area contributed by atoms with Crippen LogP contribution >= 0.6 is 23.2 Å². The van der Waals surface area contributed by atoms with Gasteiger partial charge in [0.1, 0.15) is 5.54 Å². The lowest BCUT2D eigenvalue weighted by molar-refractivity contribution is -0.128. The second-order valence-corrected chi connectivity index (χ2v) is 9.82. The van der Waals surface area contributed by atoms with Crippen molar-refractivity contribution in [3.05, 3.63) is 28.2 Å². The number of sulfone groups is 1. The van der Waals surface area contributed by atoms with Crippen LogP contribution in [0, 0.1) is 17.2 Å². The number of nitriles is 1. The Morgan fingerprint density at radius 3 is 2.58 bits per heavy atom. The van der Waals surface area contributed by atoms with Crippen molar-refractivity contribution in [2.75, 3.05) is 7.11 Å². The first-order chi connectivity index (χ1) is 12.2. The van der Waals surface area contributed by atoms with Crippen LogP contribution in [-0.2, 0) is 19.4 Å². The summed E-state index contributed by atoms with van der Waals surface area (Å²) in [5.74, 6) is -0.965. The van der Waals surface area contributed by atoms with Gasteiger partial charge in [-0.3, -0.25) is 4.79 Å². The van der Waals surface area contributed by atoms with Crippen LogP contribution in [0.5, 0.6) is 0 Å². The van der Waals surface area contributed by atoms with Gasteiger partial charge in [-0.25, -0.2) is 8.42 Å². The standard InChI is InChI=1S/C17H18Cl2N2O4S/c1-25-14-8-11(7-12(14)16(22)21-17(9-20)4-5-17)26(23,24)15-3-2-10(18)6-13(15)19/h2-3,6,11-12,14H,4-5,7-8H2,1H3,(H,21,22)/t11?,12-,14-/m0/s1. The molecule has 2 saturated carbocycles. The van der Waals surface area contributed by atoms with Crippen LogP contribution in [0.25, 0.3) is 0 Å². The van der Waals surface area contributed by atoms with Crippen molar-refractivity contribution in [3.8, 4) is 6.07 Å². The molecule has 6 nitrogen and oxygen atoms in total. The van der Waals surface area contributed by atoms with E-state index in [1.165, 1.54) is 25.3 Å². The van der Waals surface area contributed by atoms with E-state index in [1.807, 2.05) is 0 Å². The first-order valence-electron chi connectivity index (χ1n) is 8.17. The normalized spacial score (nSPS) is 26.9. The van der Waals surface area contributed by atoms with E-state index < -0.39 is 32.6 Å². The Labute approximate surface area is 162 Å². The highest BCUT2D eigenvalue weighted by Crippen LogP contribution is 2.40. The summed E-state index contributed by atoms with van der Waals surface area (Å²) < 4.78 is 31.3. The molecule has 3 rings (SSSR count). The number of nitrogens with zero attached hydrogens (tertiary/aromatic N) is 1. The van der Waals surface area contributed by atoms with Crippen molar-refractivity contribution in [2.45, 2.75) is 47.5 Å². The second kappa shape index (κ2) is 7.01. The summed E-state index contributed by atoms with van der Waals surface area (Å²) in [5, 5.41) is 11.5. The third-order valence-electron chi connectivity index (χ3n) is 5.07. The Kier molecular flexibility index (Phi) is 5.24. The van der Waals surface area contributed by atoms with Crippen molar-refractivity contribution >= 4 is 38.9 Å². The molecule has 0 aliphatic heterocycles. The van der Waals surface area contributed by atoms with Crippen LogP contribution in [-0.4, -0.2) is 38.3 Å². The van der Waals surface area contributed by atoms with E-state index in [-0.39, 0.29) is 28.7 Å². The van der Waals surface area contributed by atoms with Crippen LogP contribution in [0.1, 0.15) is 25.7 Å². The number of carbonyl (C=O) groups excluding carboxylic acids is 1. The smallest absolute Gasteiger partial charge is 0.227 e. The van der Waals surface area contributed by atoms with E-state index in [0.29, 0.717) is 17.9 Å². The number of methoxy groups -OCH3 is 1. The predicted octanol–water partition coefficient (Wildman–Crippen LogP) is 2.73. The molecule has 9 heteroatoms. The summed E-state index contributed by atoms with van der Waals surface area (Å²) >= 11 is 11.9. The number of benzene rings is 1. The highest BCUT2D eigenvalue weighted by Gasteiger charge is 2.50. The second-order valence-electron chi connectivity index (χ2n) is 6.78. The number of hydrogen-bond acceptors (Lipinski definition) is 5. The molecule has 0 heterocycles. The molecule has 0 bridgehead atoms. The van der Waals surface area contributed by atoms with Gasteiger partial charge in [0.25, 0.3) is 0 Å². The van der Waals surface area contributed by atoms with Crippen molar-refractivity contribution in [3.63, 3.8) is 0 Å². The molecular weight excluding hydrogens is 399 g/mol. The summed E-state index contributed by atoms with van der Waals surface area (Å²) in [6.07, 6.45) is 1.00. The highest BCUT2D eigenvalue weighted by atomic mass is 35.5. The van der Waals surface area contributed by atoms with Gasteiger partial charge in [0.05, 0.1) is 33.3 Å². The van der Waals surface area contributed by atoms with Crippen LogP contribution < -0.4 is 5.32 Å². The predicted molar refractivity (Wildman–Crippen MR) is 96.7 cm³/mol. The van der Waals surface area contributed by atoms with E-state index in [4.69, 9.17) is 33.2 Å². The maximum atomic E-state index is 13.0. The summed E-state index contributed by atoms with van der Waals surface area (Å²) in [6.45, 7) is 0. The van der Waals surface area contributed by atoms with Gasteiger partial charge in [0.2, 0.25) is 5.91 Å². The van der Waals surface area contributed by atoms with Gasteiger partial charge < -0.3 is 10.1 Å². The van der Waals surface area contributed by atoms with Crippen LogP contribution in [0.4, 0.5) is 0 Å². The third-order valence-corrected chi connectivity index (χ3v) is 7.96. The minimum atomic E-state index is -3.74. The van der Waals surface area contributed by atoms with Gasteiger partial charge in [0.15, 0.2) is 9.84 Å². The number of halogens is 2. The number of amides is 1. The average Bonchev–Trinajstić information content (AvgIpc) is 3.20. The average molecular weight is 417 g/mol. The Hall–Kier alpha value is -1.33. The van der Waals surface area contributed by atoms with Gasteiger partial charge in [0, 0.05) is 12.1 Å². The molecule has 2 aliphatic carbocycles. The monoisotopic (exact) mass is 416 g/mol. The Morgan fingerprint density at radius 2 is 2.04 bits per heavy atom. The quantitative estimate of drug-likeness (QED) is 0.795. The van der Waals surface area contributed by atoms with Gasteiger partial charge in [-0.1, -0.05) is 23.2 Å². The molecule has 1 unspecified atom stereocenters. The van der Waals surface area contributed by atoms with E-state index in [2.05, 4.69) is 11.4 Å². The molecule has 140 valence electrons. The summed E-state index contributed by atoms with van der Waals surface area (Å²) in [5.41, 5.74) is -0.800. The topological polar surface area (TPSA) is 96.3 Å². The number of carbonyl (C=O) groups is 1. The number of hydrogen-bond donors (Lipinski definition) is 1. The molecule has 26 heavy (non-hydrogen) atoms. The molecule has 3 atom stereocenters. The molecule has 1 amide bonds. The van der Waals surface area contributed by atoms with Crippen molar-refractivity contribution in [1.29, 1.82) is 5.26 Å². The van der Waals surface area contributed by atoms with Crippen LogP contribution in [0.3, 0.4) is 0 Å². The highest BCUT2D eigenvalue weighted by molar-refractivity contribution is 7.92. The third kappa shape index (κ3) is 3.56. The van der Waals surface area contributed by atoms with E-state index in [0.717, 1.165) is 0 Å². The minimum absolute atomic E-state index is 0.000154. The lowest BCUT2D eigenvalue weighted by Crippen LogP contribution is -2.42. The van der Waals surface area contributed by atoms with Gasteiger partial charge in [-0.05, 0) is 43.9 Å². The summed E-state index contributed by atoms with van der Waals surface area (Å²) in [6, 6.07) is 6.33. The molecule has 1 aromatic rings. The lowest BCUT2D eigenvalue weighted by Gasteiger charge is -2.19. The molecule has 0 radical (unpaired) electrons. The molecule has 2 aliphatic rings. The van der Waals surface area contributed by atoms with Gasteiger partial charge in [-0.15, -0.1) is 0 Å².